The van der Waals surface area contributed by atoms with Crippen LogP contribution in [0.15, 0.2) is 42.7 Å². The van der Waals surface area contributed by atoms with E-state index in [1.807, 2.05) is 45.0 Å². The third-order valence-corrected chi connectivity index (χ3v) is 5.44. The van der Waals surface area contributed by atoms with Gasteiger partial charge in [-0.05, 0) is 11.6 Å². The second kappa shape index (κ2) is 7.76. The SMILES string of the molecule is CC(C)(C)c1nc(Nc2nnc(Cc3cncc(F)c3)c3ccccc23)sc1C#N. The zero-order valence-electron chi connectivity index (χ0n) is 16.8. The number of nitrogens with zero attached hydrogens (tertiary/aromatic N) is 5. The lowest BCUT2D eigenvalue weighted by Crippen LogP contribution is -2.13. The minimum absolute atomic E-state index is 0.238. The van der Waals surface area contributed by atoms with Gasteiger partial charge < -0.3 is 5.32 Å². The maximum Gasteiger partial charge on any atom is 0.189 e. The number of nitriles is 1. The van der Waals surface area contributed by atoms with Crippen LogP contribution < -0.4 is 5.32 Å². The number of benzene rings is 1. The number of pyridine rings is 1. The molecule has 0 saturated heterocycles. The van der Waals surface area contributed by atoms with Gasteiger partial charge in [-0.25, -0.2) is 9.37 Å². The lowest BCUT2D eigenvalue weighted by Gasteiger charge is -2.15. The molecule has 0 fully saturated rings. The van der Waals surface area contributed by atoms with Gasteiger partial charge in [0.1, 0.15) is 16.8 Å². The van der Waals surface area contributed by atoms with Gasteiger partial charge in [0.15, 0.2) is 10.9 Å². The number of aromatic nitrogens is 4. The molecule has 3 aromatic heterocycles. The van der Waals surface area contributed by atoms with E-state index in [0.29, 0.717) is 22.2 Å². The van der Waals surface area contributed by atoms with Crippen molar-refractivity contribution < 1.29 is 4.39 Å². The van der Waals surface area contributed by atoms with Crippen molar-refractivity contribution in [2.45, 2.75) is 32.6 Å². The highest BCUT2D eigenvalue weighted by Crippen LogP contribution is 2.34. The number of rotatable bonds is 4. The predicted octanol–water partition coefficient (Wildman–Crippen LogP) is 5.12. The molecule has 1 aromatic carbocycles. The van der Waals surface area contributed by atoms with E-state index in [2.05, 4.69) is 31.6 Å². The quantitative estimate of drug-likeness (QED) is 0.495. The second-order valence-corrected chi connectivity index (χ2v) is 8.91. The van der Waals surface area contributed by atoms with Crippen LogP contribution in [0.1, 0.15) is 42.6 Å². The fourth-order valence-electron chi connectivity index (χ4n) is 3.19. The first-order valence-corrected chi connectivity index (χ1v) is 10.2. The van der Waals surface area contributed by atoms with Gasteiger partial charge in [0, 0.05) is 28.8 Å². The van der Waals surface area contributed by atoms with Crippen LogP contribution in [0.2, 0.25) is 0 Å². The number of anilines is 2. The van der Waals surface area contributed by atoms with Crippen molar-refractivity contribution in [2.75, 3.05) is 5.32 Å². The third-order valence-electron chi connectivity index (χ3n) is 4.56. The molecule has 0 aliphatic carbocycles. The third kappa shape index (κ3) is 3.98. The van der Waals surface area contributed by atoms with Gasteiger partial charge in [-0.1, -0.05) is 56.4 Å². The summed E-state index contributed by atoms with van der Waals surface area (Å²) in [5.74, 6) is 0.181. The normalized spacial score (nSPS) is 11.4. The maximum absolute atomic E-state index is 13.5. The number of hydrogen-bond donors (Lipinski definition) is 1. The van der Waals surface area contributed by atoms with Gasteiger partial charge in [0.05, 0.1) is 17.6 Å². The Morgan fingerprint density at radius 3 is 2.57 bits per heavy atom. The number of thiazole rings is 1. The molecular weight excluding hydrogens is 399 g/mol. The summed E-state index contributed by atoms with van der Waals surface area (Å²) in [5, 5.41) is 23.8. The first kappa shape index (κ1) is 19.9. The molecule has 0 aliphatic heterocycles. The molecule has 0 radical (unpaired) electrons. The second-order valence-electron chi connectivity index (χ2n) is 7.91. The highest BCUT2D eigenvalue weighted by atomic mass is 32.1. The molecule has 8 heteroatoms. The largest absolute Gasteiger partial charge is 0.314 e. The fourth-order valence-corrected chi connectivity index (χ4v) is 4.16. The lowest BCUT2D eigenvalue weighted by molar-refractivity contribution is 0.572. The smallest absolute Gasteiger partial charge is 0.189 e. The molecule has 6 nitrogen and oxygen atoms in total. The average Bonchev–Trinajstić information content (AvgIpc) is 3.13. The first-order chi connectivity index (χ1) is 14.3. The predicted molar refractivity (Wildman–Crippen MR) is 115 cm³/mol. The summed E-state index contributed by atoms with van der Waals surface area (Å²) in [6, 6.07) is 11.4. The van der Waals surface area contributed by atoms with E-state index in [1.165, 1.54) is 23.6 Å². The van der Waals surface area contributed by atoms with Gasteiger partial charge in [0.25, 0.3) is 0 Å². The van der Waals surface area contributed by atoms with Crippen LogP contribution in [-0.4, -0.2) is 20.2 Å². The number of nitrogens with one attached hydrogen (secondary N) is 1. The zero-order valence-corrected chi connectivity index (χ0v) is 17.6. The maximum atomic E-state index is 13.5. The van der Waals surface area contributed by atoms with Crippen molar-refractivity contribution in [2.24, 2.45) is 0 Å². The van der Waals surface area contributed by atoms with Gasteiger partial charge in [-0.3, -0.25) is 4.98 Å². The summed E-state index contributed by atoms with van der Waals surface area (Å²) in [4.78, 5) is 9.11. The summed E-state index contributed by atoms with van der Waals surface area (Å²) >= 11 is 1.30. The van der Waals surface area contributed by atoms with Crippen LogP contribution in [0.3, 0.4) is 0 Å². The van der Waals surface area contributed by atoms with Crippen LogP contribution in [0.5, 0.6) is 0 Å². The van der Waals surface area contributed by atoms with Crippen molar-refractivity contribution in [1.29, 1.82) is 5.26 Å². The lowest BCUT2D eigenvalue weighted by atomic mass is 9.91. The number of halogens is 1. The van der Waals surface area contributed by atoms with E-state index in [0.717, 1.165) is 27.7 Å². The molecule has 4 rings (SSSR count). The molecule has 30 heavy (non-hydrogen) atoms. The summed E-state index contributed by atoms with van der Waals surface area (Å²) in [5.41, 5.74) is 1.97. The molecule has 1 N–H and O–H groups in total. The Morgan fingerprint density at radius 2 is 1.90 bits per heavy atom. The van der Waals surface area contributed by atoms with E-state index in [-0.39, 0.29) is 11.2 Å². The van der Waals surface area contributed by atoms with Gasteiger partial charge in [-0.2, -0.15) is 10.4 Å². The number of fused-ring (bicyclic) bond motifs is 1. The number of hydrogen-bond acceptors (Lipinski definition) is 7. The van der Waals surface area contributed by atoms with Crippen molar-refractivity contribution in [3.8, 4) is 6.07 Å². The molecule has 3 heterocycles. The zero-order chi connectivity index (χ0) is 21.3. The first-order valence-electron chi connectivity index (χ1n) is 9.37. The van der Waals surface area contributed by atoms with Gasteiger partial charge in [0.2, 0.25) is 0 Å². The van der Waals surface area contributed by atoms with Crippen molar-refractivity contribution >= 4 is 33.1 Å². The molecule has 0 atom stereocenters. The Hall–Kier alpha value is -3.44. The molecule has 0 spiro atoms. The van der Waals surface area contributed by atoms with Crippen LogP contribution >= 0.6 is 11.3 Å². The van der Waals surface area contributed by atoms with Crippen molar-refractivity contribution in [1.82, 2.24) is 20.2 Å². The van der Waals surface area contributed by atoms with E-state index in [4.69, 9.17) is 0 Å². The summed E-state index contributed by atoms with van der Waals surface area (Å²) < 4.78 is 13.5. The molecule has 4 aromatic rings. The van der Waals surface area contributed by atoms with Gasteiger partial charge in [-0.15, -0.1) is 5.10 Å². The van der Waals surface area contributed by atoms with E-state index < -0.39 is 0 Å². The monoisotopic (exact) mass is 418 g/mol. The van der Waals surface area contributed by atoms with E-state index >= 15 is 0 Å². The highest BCUT2D eigenvalue weighted by Gasteiger charge is 2.24. The average molecular weight is 419 g/mol. The fraction of sp³-hybridized carbons (Fsp3) is 0.227. The molecule has 0 saturated carbocycles. The Labute approximate surface area is 177 Å². The van der Waals surface area contributed by atoms with Crippen LogP contribution in [0.4, 0.5) is 15.3 Å². The topological polar surface area (TPSA) is 87.4 Å². The minimum atomic E-state index is -0.380. The summed E-state index contributed by atoms with van der Waals surface area (Å²) in [6.45, 7) is 6.08. The van der Waals surface area contributed by atoms with E-state index in [1.54, 1.807) is 6.20 Å². The molecule has 0 unspecified atom stereocenters. The highest BCUT2D eigenvalue weighted by molar-refractivity contribution is 7.16. The molecule has 0 bridgehead atoms. The molecular formula is C22H19FN6S. The summed E-state index contributed by atoms with van der Waals surface area (Å²) in [6.07, 6.45) is 3.22. The standard InChI is InChI=1S/C22H19FN6S/c1-22(2,3)19-18(10-24)30-21(26-19)27-20-16-7-5-4-6-15(16)17(28-29-20)9-13-8-14(23)12-25-11-13/h4-8,11-12H,9H2,1-3H3,(H,26,27,29). The van der Waals surface area contributed by atoms with Crippen molar-refractivity contribution in [3.63, 3.8) is 0 Å². The van der Waals surface area contributed by atoms with E-state index in [9.17, 15) is 9.65 Å². The van der Waals surface area contributed by atoms with Crippen LogP contribution in [-0.2, 0) is 11.8 Å². The molecule has 0 aliphatic rings. The minimum Gasteiger partial charge on any atom is -0.314 e. The van der Waals surface area contributed by atoms with Gasteiger partial charge >= 0.3 is 0 Å². The Morgan fingerprint density at radius 1 is 1.13 bits per heavy atom. The Bertz CT molecular complexity index is 1270. The van der Waals surface area contributed by atoms with Crippen molar-refractivity contribution in [3.05, 3.63) is 70.4 Å². The van der Waals surface area contributed by atoms with Crippen LogP contribution in [0.25, 0.3) is 10.8 Å². The molecule has 0 amide bonds. The van der Waals surface area contributed by atoms with Crippen LogP contribution in [0, 0.1) is 17.1 Å². The summed E-state index contributed by atoms with van der Waals surface area (Å²) in [7, 11) is 0. The Balaban J connectivity index is 1.72. The Kier molecular flexibility index (Phi) is 5.14. The molecule has 150 valence electrons.